The normalized spacial score (nSPS) is 12.6. The summed E-state index contributed by atoms with van der Waals surface area (Å²) in [5.41, 5.74) is 10.0. The maximum absolute atomic E-state index is 6.29. The molecule has 0 heterocycles. The summed E-state index contributed by atoms with van der Waals surface area (Å²) in [4.78, 5) is 0. The third-order valence-electron chi connectivity index (χ3n) is 3.48. The molecule has 0 radical (unpaired) electrons. The van der Waals surface area contributed by atoms with Gasteiger partial charge >= 0.3 is 0 Å². The summed E-state index contributed by atoms with van der Waals surface area (Å²) >= 11 is 0. The van der Waals surface area contributed by atoms with Crippen LogP contribution in [0.4, 0.5) is 0 Å². The highest BCUT2D eigenvalue weighted by atomic mass is 14.6. The third kappa shape index (κ3) is 3.93. The Morgan fingerprint density at radius 2 is 1.53 bits per heavy atom. The molecular formula is C18H23N. The van der Waals surface area contributed by atoms with Crippen LogP contribution in [0.3, 0.4) is 0 Å². The van der Waals surface area contributed by atoms with Crippen LogP contribution in [-0.2, 0) is 0 Å². The Morgan fingerprint density at radius 3 is 2.21 bits per heavy atom. The van der Waals surface area contributed by atoms with Crippen molar-refractivity contribution < 1.29 is 0 Å². The van der Waals surface area contributed by atoms with Gasteiger partial charge in [-0.05, 0) is 41.5 Å². The van der Waals surface area contributed by atoms with E-state index >= 15 is 0 Å². The summed E-state index contributed by atoms with van der Waals surface area (Å²) in [7, 11) is 0. The van der Waals surface area contributed by atoms with E-state index in [1.807, 2.05) is 6.07 Å². The molecule has 2 N–H and O–H groups in total. The maximum Gasteiger partial charge on any atom is 0.0295 e. The summed E-state index contributed by atoms with van der Waals surface area (Å²) in [5, 5.41) is 0. The molecule has 0 spiro atoms. The smallest absolute Gasteiger partial charge is 0.0295 e. The first-order valence-corrected chi connectivity index (χ1v) is 7.08. The van der Waals surface area contributed by atoms with E-state index in [2.05, 4.69) is 62.4 Å². The van der Waals surface area contributed by atoms with E-state index in [1.165, 1.54) is 23.1 Å². The van der Waals surface area contributed by atoms with Gasteiger partial charge in [0.1, 0.15) is 0 Å². The zero-order valence-corrected chi connectivity index (χ0v) is 11.8. The van der Waals surface area contributed by atoms with E-state index < -0.39 is 0 Å². The van der Waals surface area contributed by atoms with Crippen molar-refractivity contribution >= 4 is 0 Å². The minimum absolute atomic E-state index is 0.145. The fraction of sp³-hybridized carbons (Fsp3) is 0.333. The van der Waals surface area contributed by atoms with Crippen LogP contribution >= 0.6 is 0 Å². The molecule has 0 aliphatic heterocycles. The lowest BCUT2D eigenvalue weighted by atomic mass is 9.95. The fourth-order valence-electron chi connectivity index (χ4n) is 2.26. The second kappa shape index (κ2) is 6.53. The van der Waals surface area contributed by atoms with Crippen molar-refractivity contribution in [2.75, 3.05) is 0 Å². The molecular weight excluding hydrogens is 230 g/mol. The van der Waals surface area contributed by atoms with Crippen molar-refractivity contribution in [3.05, 3.63) is 60.2 Å². The molecule has 2 aromatic rings. The van der Waals surface area contributed by atoms with Crippen LogP contribution in [0.5, 0.6) is 0 Å². The molecule has 2 rings (SSSR count). The van der Waals surface area contributed by atoms with Crippen molar-refractivity contribution in [2.24, 2.45) is 11.7 Å². The van der Waals surface area contributed by atoms with Gasteiger partial charge in [0.05, 0.1) is 0 Å². The van der Waals surface area contributed by atoms with Crippen molar-refractivity contribution in [2.45, 2.75) is 32.7 Å². The Morgan fingerprint density at radius 1 is 0.842 bits per heavy atom. The average Bonchev–Trinajstić information content (AvgIpc) is 2.46. The highest BCUT2D eigenvalue weighted by molar-refractivity contribution is 5.64. The third-order valence-corrected chi connectivity index (χ3v) is 3.48. The molecule has 2 aromatic carbocycles. The molecule has 1 heteroatoms. The van der Waals surface area contributed by atoms with Gasteiger partial charge in [0, 0.05) is 6.04 Å². The van der Waals surface area contributed by atoms with Gasteiger partial charge in [0.25, 0.3) is 0 Å². The topological polar surface area (TPSA) is 26.0 Å². The number of rotatable bonds is 5. The van der Waals surface area contributed by atoms with E-state index in [1.54, 1.807) is 0 Å². The Labute approximate surface area is 116 Å². The lowest BCUT2D eigenvalue weighted by Gasteiger charge is -2.14. The summed E-state index contributed by atoms with van der Waals surface area (Å²) in [6.45, 7) is 4.49. The van der Waals surface area contributed by atoms with Crippen molar-refractivity contribution in [1.82, 2.24) is 0 Å². The molecule has 0 fully saturated rings. The molecule has 100 valence electrons. The van der Waals surface area contributed by atoms with Crippen LogP contribution in [0.25, 0.3) is 11.1 Å². The highest BCUT2D eigenvalue weighted by Crippen LogP contribution is 2.24. The minimum Gasteiger partial charge on any atom is -0.324 e. The molecule has 0 saturated heterocycles. The van der Waals surface area contributed by atoms with Crippen LogP contribution in [0.1, 0.15) is 38.3 Å². The van der Waals surface area contributed by atoms with Crippen LogP contribution in [0, 0.1) is 5.92 Å². The van der Waals surface area contributed by atoms with E-state index in [0.29, 0.717) is 5.92 Å². The van der Waals surface area contributed by atoms with E-state index in [4.69, 9.17) is 5.73 Å². The molecule has 0 bridgehead atoms. The first-order chi connectivity index (χ1) is 9.16. The Bertz CT molecular complexity index is 502. The van der Waals surface area contributed by atoms with Gasteiger partial charge in [0.2, 0.25) is 0 Å². The van der Waals surface area contributed by atoms with Gasteiger partial charge in [0.15, 0.2) is 0 Å². The zero-order chi connectivity index (χ0) is 13.7. The molecule has 0 saturated carbocycles. The number of nitrogens with two attached hydrogens (primary N) is 1. The SMILES string of the molecule is CC(C)CC[C@H](N)c1cccc(-c2ccccc2)c1. The van der Waals surface area contributed by atoms with Crippen LogP contribution in [-0.4, -0.2) is 0 Å². The Balaban J connectivity index is 2.15. The zero-order valence-electron chi connectivity index (χ0n) is 11.8. The molecule has 0 aliphatic rings. The highest BCUT2D eigenvalue weighted by Gasteiger charge is 2.08. The first kappa shape index (κ1) is 13.8. The lowest BCUT2D eigenvalue weighted by molar-refractivity contribution is 0.507. The van der Waals surface area contributed by atoms with Gasteiger partial charge in [-0.1, -0.05) is 62.4 Å². The monoisotopic (exact) mass is 253 g/mol. The lowest BCUT2D eigenvalue weighted by Crippen LogP contribution is -2.11. The van der Waals surface area contributed by atoms with Gasteiger partial charge < -0.3 is 5.73 Å². The van der Waals surface area contributed by atoms with Crippen molar-refractivity contribution in [3.63, 3.8) is 0 Å². The number of hydrogen-bond acceptors (Lipinski definition) is 1. The summed E-state index contributed by atoms with van der Waals surface area (Å²) in [5.74, 6) is 0.711. The standard InChI is InChI=1S/C18H23N/c1-14(2)11-12-18(19)17-10-6-9-16(13-17)15-7-4-3-5-8-15/h3-10,13-14,18H,11-12,19H2,1-2H3/t18-/m0/s1. The quantitative estimate of drug-likeness (QED) is 0.814. The Kier molecular flexibility index (Phi) is 4.75. The molecule has 0 unspecified atom stereocenters. The molecule has 0 aromatic heterocycles. The van der Waals surface area contributed by atoms with Crippen LogP contribution < -0.4 is 5.73 Å². The number of hydrogen-bond donors (Lipinski definition) is 1. The van der Waals surface area contributed by atoms with Crippen molar-refractivity contribution in [3.8, 4) is 11.1 Å². The van der Waals surface area contributed by atoms with Crippen molar-refractivity contribution in [1.29, 1.82) is 0 Å². The summed E-state index contributed by atoms with van der Waals surface area (Å²) in [6, 6.07) is 19.2. The van der Waals surface area contributed by atoms with Gasteiger partial charge in [-0.3, -0.25) is 0 Å². The largest absolute Gasteiger partial charge is 0.324 e. The molecule has 0 aliphatic carbocycles. The van der Waals surface area contributed by atoms with Crippen LogP contribution in [0.2, 0.25) is 0 Å². The summed E-state index contributed by atoms with van der Waals surface area (Å²) < 4.78 is 0. The Hall–Kier alpha value is -1.60. The van der Waals surface area contributed by atoms with Gasteiger partial charge in [-0.15, -0.1) is 0 Å². The second-order valence-corrected chi connectivity index (χ2v) is 5.57. The molecule has 1 nitrogen and oxygen atoms in total. The minimum atomic E-state index is 0.145. The maximum atomic E-state index is 6.29. The van der Waals surface area contributed by atoms with Crippen LogP contribution in [0.15, 0.2) is 54.6 Å². The number of benzene rings is 2. The molecule has 0 amide bonds. The fourth-order valence-corrected chi connectivity index (χ4v) is 2.26. The summed E-state index contributed by atoms with van der Waals surface area (Å²) in [6.07, 6.45) is 2.23. The average molecular weight is 253 g/mol. The second-order valence-electron chi connectivity index (χ2n) is 5.57. The first-order valence-electron chi connectivity index (χ1n) is 7.08. The van der Waals surface area contributed by atoms with E-state index in [0.717, 1.165) is 6.42 Å². The van der Waals surface area contributed by atoms with E-state index in [9.17, 15) is 0 Å². The van der Waals surface area contributed by atoms with E-state index in [-0.39, 0.29) is 6.04 Å². The molecule has 1 atom stereocenters. The predicted molar refractivity (Wildman–Crippen MR) is 82.9 cm³/mol. The predicted octanol–water partition coefficient (Wildman–Crippen LogP) is 4.79. The van der Waals surface area contributed by atoms with Gasteiger partial charge in [-0.25, -0.2) is 0 Å². The van der Waals surface area contributed by atoms with Gasteiger partial charge in [-0.2, -0.15) is 0 Å². The molecule has 19 heavy (non-hydrogen) atoms.